The number of halogens is 2. The van der Waals surface area contributed by atoms with Crippen LogP contribution in [0.1, 0.15) is 37.7 Å². The third-order valence-corrected chi connectivity index (χ3v) is 5.02. The van der Waals surface area contributed by atoms with Crippen molar-refractivity contribution in [3.8, 4) is 0 Å². The number of hydrogen-bond donors (Lipinski definition) is 1. The van der Waals surface area contributed by atoms with Crippen molar-refractivity contribution >= 4 is 35.1 Å². The summed E-state index contributed by atoms with van der Waals surface area (Å²) in [6, 6.07) is 5.60. The molecule has 1 amide bonds. The Balaban J connectivity index is 1.69. The molecule has 0 spiro atoms. The SMILES string of the molecule is CC(CN(C(=O)C1CC1c1cc(Cl)cc(Cl)c1)C1CC1)C(=O)O. The number of carboxylic acids is 1. The van der Waals surface area contributed by atoms with Crippen LogP contribution in [0.25, 0.3) is 0 Å². The molecule has 23 heavy (non-hydrogen) atoms. The summed E-state index contributed by atoms with van der Waals surface area (Å²) in [7, 11) is 0. The number of carbonyl (C=O) groups excluding carboxylic acids is 1. The summed E-state index contributed by atoms with van der Waals surface area (Å²) in [6.45, 7) is 1.93. The van der Waals surface area contributed by atoms with E-state index in [1.54, 1.807) is 17.9 Å². The molecule has 124 valence electrons. The zero-order valence-corrected chi connectivity index (χ0v) is 14.3. The van der Waals surface area contributed by atoms with E-state index in [1.165, 1.54) is 0 Å². The van der Waals surface area contributed by atoms with Crippen LogP contribution in [0.5, 0.6) is 0 Å². The predicted molar refractivity (Wildman–Crippen MR) is 88.8 cm³/mol. The predicted octanol–water partition coefficient (Wildman–Crippen LogP) is 3.81. The van der Waals surface area contributed by atoms with Crippen molar-refractivity contribution < 1.29 is 14.7 Å². The van der Waals surface area contributed by atoms with E-state index >= 15 is 0 Å². The summed E-state index contributed by atoms with van der Waals surface area (Å²) >= 11 is 12.1. The minimum Gasteiger partial charge on any atom is -0.481 e. The van der Waals surface area contributed by atoms with Gasteiger partial charge < -0.3 is 10.0 Å². The highest BCUT2D eigenvalue weighted by Crippen LogP contribution is 2.50. The second-order valence-corrected chi connectivity index (χ2v) is 7.49. The van der Waals surface area contributed by atoms with Gasteiger partial charge in [0.1, 0.15) is 0 Å². The Morgan fingerprint density at radius 1 is 1.26 bits per heavy atom. The molecule has 0 heterocycles. The lowest BCUT2D eigenvalue weighted by Crippen LogP contribution is -2.39. The van der Waals surface area contributed by atoms with E-state index in [4.69, 9.17) is 28.3 Å². The van der Waals surface area contributed by atoms with Gasteiger partial charge in [-0.25, -0.2) is 0 Å². The Bertz CT molecular complexity index is 624. The molecule has 2 saturated carbocycles. The summed E-state index contributed by atoms with van der Waals surface area (Å²) in [6.07, 6.45) is 2.72. The number of carbonyl (C=O) groups is 2. The normalized spacial score (nSPS) is 24.1. The smallest absolute Gasteiger partial charge is 0.308 e. The molecule has 2 aliphatic rings. The Hall–Kier alpha value is -1.26. The van der Waals surface area contributed by atoms with Gasteiger partial charge in [-0.1, -0.05) is 30.1 Å². The highest BCUT2D eigenvalue weighted by atomic mass is 35.5. The first-order valence-electron chi connectivity index (χ1n) is 7.86. The van der Waals surface area contributed by atoms with E-state index in [0.29, 0.717) is 16.6 Å². The number of benzene rings is 1. The minimum absolute atomic E-state index is 0.0710. The molecule has 0 saturated heterocycles. The number of hydrogen-bond acceptors (Lipinski definition) is 2. The largest absolute Gasteiger partial charge is 0.481 e. The molecule has 0 radical (unpaired) electrons. The van der Waals surface area contributed by atoms with Crippen molar-refractivity contribution in [1.29, 1.82) is 0 Å². The van der Waals surface area contributed by atoms with E-state index in [0.717, 1.165) is 24.8 Å². The van der Waals surface area contributed by atoms with Gasteiger partial charge in [-0.15, -0.1) is 0 Å². The number of rotatable bonds is 6. The number of amides is 1. The molecule has 3 rings (SSSR count). The van der Waals surface area contributed by atoms with Crippen LogP contribution < -0.4 is 0 Å². The van der Waals surface area contributed by atoms with E-state index in [1.807, 2.05) is 12.1 Å². The average Bonchev–Trinajstić information content (AvgIpc) is 3.36. The third-order valence-electron chi connectivity index (χ3n) is 4.58. The molecule has 1 aromatic carbocycles. The van der Waals surface area contributed by atoms with Crippen LogP contribution in [0.15, 0.2) is 18.2 Å². The first-order chi connectivity index (χ1) is 10.9. The van der Waals surface area contributed by atoms with Gasteiger partial charge in [-0.2, -0.15) is 0 Å². The van der Waals surface area contributed by atoms with Crippen LogP contribution in [0.3, 0.4) is 0 Å². The van der Waals surface area contributed by atoms with Crippen LogP contribution in [0, 0.1) is 11.8 Å². The van der Waals surface area contributed by atoms with Crippen molar-refractivity contribution in [1.82, 2.24) is 4.90 Å². The van der Waals surface area contributed by atoms with Crippen LogP contribution in [-0.2, 0) is 9.59 Å². The Morgan fingerprint density at radius 2 is 1.87 bits per heavy atom. The molecule has 1 aromatic rings. The first kappa shape index (κ1) is 16.6. The lowest BCUT2D eigenvalue weighted by molar-refractivity contribution is -0.143. The monoisotopic (exact) mass is 355 g/mol. The zero-order valence-electron chi connectivity index (χ0n) is 12.8. The van der Waals surface area contributed by atoms with E-state index in [2.05, 4.69) is 0 Å². The van der Waals surface area contributed by atoms with Crippen molar-refractivity contribution in [2.75, 3.05) is 6.54 Å². The standard InChI is InChI=1S/C17H19Cl2NO3/c1-9(17(22)23)8-20(13-2-3-13)16(21)15-7-14(15)10-4-11(18)6-12(19)5-10/h4-6,9,13-15H,2-3,7-8H2,1H3,(H,22,23). The zero-order chi connectivity index (χ0) is 16.7. The van der Waals surface area contributed by atoms with E-state index in [9.17, 15) is 9.59 Å². The number of aliphatic carboxylic acids is 1. The average molecular weight is 356 g/mol. The van der Waals surface area contributed by atoms with Crippen LogP contribution >= 0.6 is 23.2 Å². The fraction of sp³-hybridized carbons (Fsp3) is 0.529. The van der Waals surface area contributed by atoms with Crippen LogP contribution in [0.2, 0.25) is 10.0 Å². The molecular formula is C17H19Cl2NO3. The van der Waals surface area contributed by atoms with Crippen molar-refractivity contribution in [2.45, 2.75) is 38.1 Å². The van der Waals surface area contributed by atoms with Crippen molar-refractivity contribution in [3.05, 3.63) is 33.8 Å². The van der Waals surface area contributed by atoms with Gasteiger partial charge in [0.2, 0.25) is 5.91 Å². The summed E-state index contributed by atoms with van der Waals surface area (Å²) in [5, 5.41) is 10.2. The summed E-state index contributed by atoms with van der Waals surface area (Å²) in [5.74, 6) is -1.28. The third kappa shape index (κ3) is 3.81. The summed E-state index contributed by atoms with van der Waals surface area (Å²) in [4.78, 5) is 25.6. The van der Waals surface area contributed by atoms with E-state index in [-0.39, 0.29) is 23.8 Å². The fourth-order valence-electron chi connectivity index (χ4n) is 3.02. The lowest BCUT2D eigenvalue weighted by Gasteiger charge is -2.24. The maximum Gasteiger partial charge on any atom is 0.308 e. The Morgan fingerprint density at radius 3 is 2.39 bits per heavy atom. The Labute approximate surface area is 145 Å². The number of nitrogens with zero attached hydrogens (tertiary/aromatic N) is 1. The van der Waals surface area contributed by atoms with Crippen LogP contribution in [0.4, 0.5) is 0 Å². The highest BCUT2D eigenvalue weighted by molar-refractivity contribution is 6.34. The van der Waals surface area contributed by atoms with Gasteiger partial charge in [0, 0.05) is 28.5 Å². The molecule has 3 unspecified atom stereocenters. The minimum atomic E-state index is -0.864. The number of carboxylic acid groups (broad SMARTS) is 1. The van der Waals surface area contributed by atoms with Gasteiger partial charge in [-0.3, -0.25) is 9.59 Å². The van der Waals surface area contributed by atoms with Crippen molar-refractivity contribution in [2.24, 2.45) is 11.8 Å². The molecule has 1 N–H and O–H groups in total. The second-order valence-electron chi connectivity index (χ2n) is 6.61. The second kappa shape index (κ2) is 6.33. The van der Waals surface area contributed by atoms with Gasteiger partial charge in [-0.05, 0) is 48.9 Å². The van der Waals surface area contributed by atoms with E-state index < -0.39 is 11.9 Å². The molecule has 0 aliphatic heterocycles. The molecule has 0 bridgehead atoms. The van der Waals surface area contributed by atoms with Gasteiger partial charge >= 0.3 is 5.97 Å². The van der Waals surface area contributed by atoms with Crippen LogP contribution in [-0.4, -0.2) is 34.5 Å². The van der Waals surface area contributed by atoms with Crippen molar-refractivity contribution in [3.63, 3.8) is 0 Å². The maximum atomic E-state index is 12.8. The van der Waals surface area contributed by atoms with Gasteiger partial charge in [0.15, 0.2) is 0 Å². The van der Waals surface area contributed by atoms with Gasteiger partial charge in [0.25, 0.3) is 0 Å². The summed E-state index contributed by atoms with van der Waals surface area (Å²) in [5.41, 5.74) is 0.989. The lowest BCUT2D eigenvalue weighted by atomic mass is 10.1. The first-order valence-corrected chi connectivity index (χ1v) is 8.61. The molecule has 0 aromatic heterocycles. The topological polar surface area (TPSA) is 57.6 Å². The molecule has 2 aliphatic carbocycles. The highest BCUT2D eigenvalue weighted by Gasteiger charge is 2.48. The molecule has 4 nitrogen and oxygen atoms in total. The Kier molecular flexibility index (Phi) is 4.56. The fourth-order valence-corrected chi connectivity index (χ4v) is 3.56. The molecule has 6 heteroatoms. The molecule has 3 atom stereocenters. The summed E-state index contributed by atoms with van der Waals surface area (Å²) < 4.78 is 0. The quantitative estimate of drug-likeness (QED) is 0.843. The maximum absolute atomic E-state index is 12.8. The molecule has 2 fully saturated rings. The molecular weight excluding hydrogens is 337 g/mol. The van der Waals surface area contributed by atoms with Gasteiger partial charge in [0.05, 0.1) is 5.92 Å².